The Kier molecular flexibility index (Phi) is 3.82. The molecule has 6 heteroatoms. The fourth-order valence-corrected chi connectivity index (χ4v) is 4.35. The van der Waals surface area contributed by atoms with E-state index in [9.17, 15) is 9.59 Å². The minimum atomic E-state index is -0.197. The molecule has 2 aliphatic rings. The average Bonchev–Trinajstić information content (AvgIpc) is 3.27. The van der Waals surface area contributed by atoms with Crippen molar-refractivity contribution in [2.75, 3.05) is 20.1 Å². The number of fused-ring (bicyclic) bond motifs is 1. The van der Waals surface area contributed by atoms with Crippen LogP contribution in [0.15, 0.2) is 47.1 Å². The lowest BCUT2D eigenvalue weighted by molar-refractivity contribution is -0.129. The molecular formula is C19H21N3O3. The molecular weight excluding hydrogens is 318 g/mol. The lowest BCUT2D eigenvalue weighted by Gasteiger charge is -2.37. The van der Waals surface area contributed by atoms with Crippen LogP contribution in [0.25, 0.3) is 0 Å². The highest BCUT2D eigenvalue weighted by molar-refractivity contribution is 5.92. The summed E-state index contributed by atoms with van der Waals surface area (Å²) in [4.78, 5) is 28.9. The lowest BCUT2D eigenvalue weighted by Crippen LogP contribution is -2.49. The maximum atomic E-state index is 12.9. The van der Waals surface area contributed by atoms with Gasteiger partial charge in [-0.3, -0.25) is 9.59 Å². The number of aromatic nitrogens is 1. The second-order valence-corrected chi connectivity index (χ2v) is 6.94. The number of carbonyl (C=O) groups is 2. The Hall–Kier alpha value is -2.63. The third-order valence-electron chi connectivity index (χ3n) is 5.73. The molecule has 130 valence electrons. The van der Waals surface area contributed by atoms with Crippen molar-refractivity contribution in [3.63, 3.8) is 0 Å². The van der Waals surface area contributed by atoms with Gasteiger partial charge in [0.05, 0.1) is 12.2 Å². The fraction of sp³-hybridized carbons (Fsp3) is 0.421. The van der Waals surface area contributed by atoms with E-state index >= 15 is 0 Å². The standard InChI is InChI=1S/C19H21N3O3/c1-21-13-16-19(9-7-17(21)23,14-5-3-2-4-6-14)10-12-22(16)18(24)15-8-11-20-25-15/h2-6,8,11,16H,7,9-10,12-13H2,1H3/t16-,19-/m0/s1. The predicted molar refractivity (Wildman–Crippen MR) is 90.9 cm³/mol. The molecule has 2 saturated heterocycles. The zero-order chi connectivity index (χ0) is 17.4. The number of carbonyl (C=O) groups excluding carboxylic acids is 2. The molecule has 4 rings (SSSR count). The molecule has 6 nitrogen and oxygen atoms in total. The van der Waals surface area contributed by atoms with E-state index < -0.39 is 0 Å². The fourth-order valence-electron chi connectivity index (χ4n) is 4.35. The summed E-state index contributed by atoms with van der Waals surface area (Å²) in [5.74, 6) is 0.238. The Morgan fingerprint density at radius 3 is 2.76 bits per heavy atom. The van der Waals surface area contributed by atoms with Gasteiger partial charge < -0.3 is 14.3 Å². The maximum Gasteiger partial charge on any atom is 0.292 e. The SMILES string of the molecule is CN1C[C@@H]2N(C(=O)c3ccno3)CC[C@]2(c2ccccc2)CCC1=O. The second-order valence-electron chi connectivity index (χ2n) is 6.94. The molecule has 2 fully saturated rings. The molecule has 1 aromatic carbocycles. The van der Waals surface area contributed by atoms with Crippen molar-refractivity contribution in [3.8, 4) is 0 Å². The summed E-state index contributed by atoms with van der Waals surface area (Å²) in [7, 11) is 1.82. The number of nitrogens with zero attached hydrogens (tertiary/aromatic N) is 3. The number of hydrogen-bond acceptors (Lipinski definition) is 4. The Morgan fingerprint density at radius 2 is 2.04 bits per heavy atom. The van der Waals surface area contributed by atoms with Crippen LogP contribution in [0.3, 0.4) is 0 Å². The van der Waals surface area contributed by atoms with Crippen LogP contribution in [-0.2, 0) is 10.2 Å². The first-order valence-corrected chi connectivity index (χ1v) is 8.63. The number of rotatable bonds is 2. The van der Waals surface area contributed by atoms with E-state index in [0.717, 1.165) is 12.8 Å². The summed E-state index contributed by atoms with van der Waals surface area (Å²) >= 11 is 0. The number of likely N-dealkylation sites (N-methyl/N-ethyl adjacent to an activating group) is 1. The molecule has 2 amide bonds. The van der Waals surface area contributed by atoms with Gasteiger partial charge in [-0.05, 0) is 18.4 Å². The van der Waals surface area contributed by atoms with Gasteiger partial charge in [-0.15, -0.1) is 0 Å². The van der Waals surface area contributed by atoms with Crippen molar-refractivity contribution in [2.24, 2.45) is 0 Å². The summed E-state index contributed by atoms with van der Waals surface area (Å²) < 4.78 is 5.08. The van der Waals surface area contributed by atoms with Gasteiger partial charge in [0, 0.05) is 38.0 Å². The van der Waals surface area contributed by atoms with Crippen LogP contribution in [0, 0.1) is 0 Å². The topological polar surface area (TPSA) is 66.7 Å². The van der Waals surface area contributed by atoms with Gasteiger partial charge >= 0.3 is 0 Å². The first-order chi connectivity index (χ1) is 12.1. The van der Waals surface area contributed by atoms with Gasteiger partial charge in [0.2, 0.25) is 11.7 Å². The largest absolute Gasteiger partial charge is 0.351 e. The van der Waals surface area contributed by atoms with Crippen LogP contribution in [0.2, 0.25) is 0 Å². The molecule has 0 aliphatic carbocycles. The highest BCUT2D eigenvalue weighted by Gasteiger charge is 2.52. The van der Waals surface area contributed by atoms with Gasteiger partial charge in [-0.2, -0.15) is 0 Å². The second kappa shape index (κ2) is 6.02. The minimum absolute atomic E-state index is 0.0658. The van der Waals surface area contributed by atoms with Gasteiger partial charge in [0.1, 0.15) is 0 Å². The third-order valence-corrected chi connectivity index (χ3v) is 5.73. The van der Waals surface area contributed by atoms with E-state index in [1.807, 2.05) is 30.1 Å². The lowest BCUT2D eigenvalue weighted by atomic mass is 9.71. The van der Waals surface area contributed by atoms with E-state index in [4.69, 9.17) is 4.52 Å². The average molecular weight is 339 g/mol. The van der Waals surface area contributed by atoms with Crippen molar-refractivity contribution < 1.29 is 14.1 Å². The first kappa shape index (κ1) is 15.9. The normalized spacial score (nSPS) is 26.4. The number of benzene rings is 1. The highest BCUT2D eigenvalue weighted by atomic mass is 16.5. The van der Waals surface area contributed by atoms with E-state index in [1.165, 1.54) is 11.8 Å². The minimum Gasteiger partial charge on any atom is -0.351 e. The van der Waals surface area contributed by atoms with E-state index in [0.29, 0.717) is 19.5 Å². The zero-order valence-electron chi connectivity index (χ0n) is 14.2. The van der Waals surface area contributed by atoms with Crippen LogP contribution in [0.1, 0.15) is 35.4 Å². The van der Waals surface area contributed by atoms with Crippen molar-refractivity contribution in [1.29, 1.82) is 0 Å². The Morgan fingerprint density at radius 1 is 1.24 bits per heavy atom. The van der Waals surface area contributed by atoms with Crippen LogP contribution < -0.4 is 0 Å². The first-order valence-electron chi connectivity index (χ1n) is 8.63. The molecule has 0 spiro atoms. The number of amides is 2. The highest BCUT2D eigenvalue weighted by Crippen LogP contribution is 2.46. The molecule has 0 unspecified atom stereocenters. The quantitative estimate of drug-likeness (QED) is 0.840. The van der Waals surface area contributed by atoms with Crippen LogP contribution in [-0.4, -0.2) is 52.9 Å². The monoisotopic (exact) mass is 339 g/mol. The van der Waals surface area contributed by atoms with E-state index in [2.05, 4.69) is 17.3 Å². The summed E-state index contributed by atoms with van der Waals surface area (Å²) in [5.41, 5.74) is 1.01. The molecule has 0 bridgehead atoms. The smallest absolute Gasteiger partial charge is 0.292 e. The van der Waals surface area contributed by atoms with Gasteiger partial charge in [0.15, 0.2) is 0 Å². The summed E-state index contributed by atoms with van der Waals surface area (Å²) in [6.45, 7) is 1.19. The number of likely N-dealkylation sites (tertiary alicyclic amines) is 2. The number of hydrogen-bond donors (Lipinski definition) is 0. The van der Waals surface area contributed by atoms with Gasteiger partial charge in [-0.25, -0.2) is 0 Å². The molecule has 2 atom stereocenters. The van der Waals surface area contributed by atoms with Crippen molar-refractivity contribution >= 4 is 11.8 Å². The summed E-state index contributed by atoms with van der Waals surface area (Å²) in [6.07, 6.45) is 3.59. The molecule has 2 aliphatic heterocycles. The van der Waals surface area contributed by atoms with E-state index in [1.54, 1.807) is 11.0 Å². The zero-order valence-corrected chi connectivity index (χ0v) is 14.2. The molecule has 0 N–H and O–H groups in total. The summed E-state index contributed by atoms with van der Waals surface area (Å²) in [5, 5.41) is 3.65. The van der Waals surface area contributed by atoms with E-state index in [-0.39, 0.29) is 29.0 Å². The molecule has 0 radical (unpaired) electrons. The summed E-state index contributed by atoms with van der Waals surface area (Å²) in [6, 6.07) is 11.8. The van der Waals surface area contributed by atoms with Crippen LogP contribution in [0.4, 0.5) is 0 Å². The molecule has 3 heterocycles. The predicted octanol–water partition coefficient (Wildman–Crippen LogP) is 2.08. The molecule has 1 aromatic heterocycles. The molecule has 25 heavy (non-hydrogen) atoms. The van der Waals surface area contributed by atoms with Crippen molar-refractivity contribution in [2.45, 2.75) is 30.7 Å². The molecule has 2 aromatic rings. The van der Waals surface area contributed by atoms with Gasteiger partial charge in [0.25, 0.3) is 5.91 Å². The van der Waals surface area contributed by atoms with Crippen LogP contribution in [0.5, 0.6) is 0 Å². The third kappa shape index (κ3) is 2.52. The van der Waals surface area contributed by atoms with Crippen LogP contribution >= 0.6 is 0 Å². The van der Waals surface area contributed by atoms with Crippen molar-refractivity contribution in [3.05, 3.63) is 53.9 Å². The maximum absolute atomic E-state index is 12.9. The Bertz CT molecular complexity index is 774. The Labute approximate surface area is 146 Å². The Balaban J connectivity index is 1.76. The van der Waals surface area contributed by atoms with Crippen molar-refractivity contribution in [1.82, 2.24) is 15.0 Å². The molecule has 0 saturated carbocycles. The van der Waals surface area contributed by atoms with Gasteiger partial charge in [-0.1, -0.05) is 35.5 Å².